The number of fused-ring (bicyclic) bond motifs is 3. The molecule has 0 aliphatic rings. The molecule has 4 rings (SSSR count). The van der Waals surface area contributed by atoms with Crippen LogP contribution in [0, 0.1) is 6.92 Å². The molecule has 0 saturated heterocycles. The summed E-state index contributed by atoms with van der Waals surface area (Å²) < 4.78 is 1.73. The third kappa shape index (κ3) is 2.92. The van der Waals surface area contributed by atoms with Crippen molar-refractivity contribution in [2.75, 3.05) is 5.75 Å². The van der Waals surface area contributed by atoms with Crippen molar-refractivity contribution in [3.05, 3.63) is 64.4 Å². The number of aryl methyl sites for hydroxylation is 1. The van der Waals surface area contributed by atoms with Crippen LogP contribution in [0.1, 0.15) is 25.3 Å². The summed E-state index contributed by atoms with van der Waals surface area (Å²) in [4.78, 5) is 21.5. The second-order valence-electron chi connectivity index (χ2n) is 6.47. The molecule has 0 bridgehead atoms. The van der Waals surface area contributed by atoms with Gasteiger partial charge in [-0.15, -0.1) is 0 Å². The van der Waals surface area contributed by atoms with E-state index in [1.165, 1.54) is 5.56 Å². The van der Waals surface area contributed by atoms with Gasteiger partial charge < -0.3 is 4.98 Å². The van der Waals surface area contributed by atoms with Gasteiger partial charge in [0.15, 0.2) is 5.16 Å². The van der Waals surface area contributed by atoms with Gasteiger partial charge in [-0.2, -0.15) is 0 Å². The third-order valence-corrected chi connectivity index (χ3v) is 5.54. The van der Waals surface area contributed by atoms with Gasteiger partial charge in [0.2, 0.25) is 0 Å². The predicted molar refractivity (Wildman–Crippen MR) is 110 cm³/mol. The quantitative estimate of drug-likeness (QED) is 0.306. The standard InChI is InChI=1S/C21H21N3OS/c1-3-4-13-26-21-23-18-16-7-5-6-8-17(16)22-19(18)20(25)24(21)15-11-9-14(2)10-12-15/h5-12,22H,3-4,13H2,1-2H3. The topological polar surface area (TPSA) is 50.7 Å². The Bertz CT molecular complexity index is 1130. The fourth-order valence-electron chi connectivity index (χ4n) is 3.07. The minimum Gasteiger partial charge on any atom is -0.349 e. The average molecular weight is 363 g/mol. The van der Waals surface area contributed by atoms with Gasteiger partial charge >= 0.3 is 0 Å². The Morgan fingerprint density at radius 1 is 1.12 bits per heavy atom. The van der Waals surface area contributed by atoms with Gasteiger partial charge in [-0.25, -0.2) is 4.98 Å². The van der Waals surface area contributed by atoms with Crippen LogP contribution in [-0.4, -0.2) is 20.3 Å². The summed E-state index contributed by atoms with van der Waals surface area (Å²) in [5.41, 5.74) is 4.24. The Labute approximate surface area is 156 Å². The van der Waals surface area contributed by atoms with Crippen LogP contribution in [0.25, 0.3) is 27.6 Å². The highest BCUT2D eigenvalue weighted by Gasteiger charge is 2.16. The van der Waals surface area contributed by atoms with Crippen molar-refractivity contribution in [2.45, 2.75) is 31.8 Å². The van der Waals surface area contributed by atoms with Gasteiger partial charge in [-0.3, -0.25) is 9.36 Å². The lowest BCUT2D eigenvalue weighted by Gasteiger charge is -2.12. The number of unbranched alkanes of at least 4 members (excludes halogenated alkanes) is 1. The first-order valence-electron chi connectivity index (χ1n) is 8.92. The van der Waals surface area contributed by atoms with Gasteiger partial charge in [0, 0.05) is 16.7 Å². The number of benzene rings is 2. The fourth-order valence-corrected chi connectivity index (χ4v) is 4.16. The van der Waals surface area contributed by atoms with Crippen LogP contribution in [0.2, 0.25) is 0 Å². The number of aromatic amines is 1. The molecule has 0 radical (unpaired) electrons. The Morgan fingerprint density at radius 2 is 1.88 bits per heavy atom. The third-order valence-electron chi connectivity index (χ3n) is 4.52. The largest absolute Gasteiger partial charge is 0.349 e. The van der Waals surface area contributed by atoms with Crippen LogP contribution in [0.4, 0.5) is 0 Å². The molecule has 0 amide bonds. The summed E-state index contributed by atoms with van der Waals surface area (Å²) in [6.45, 7) is 4.21. The first-order valence-corrected chi connectivity index (χ1v) is 9.91. The molecule has 2 heterocycles. The molecular formula is C21H21N3OS. The second-order valence-corrected chi connectivity index (χ2v) is 7.53. The van der Waals surface area contributed by atoms with Crippen LogP contribution in [-0.2, 0) is 0 Å². The molecule has 4 aromatic rings. The maximum Gasteiger partial charge on any atom is 0.283 e. The van der Waals surface area contributed by atoms with Crippen molar-refractivity contribution in [2.24, 2.45) is 0 Å². The molecule has 5 heteroatoms. The summed E-state index contributed by atoms with van der Waals surface area (Å²) in [7, 11) is 0. The normalized spacial score (nSPS) is 11.5. The first kappa shape index (κ1) is 16.9. The molecule has 132 valence electrons. The highest BCUT2D eigenvalue weighted by atomic mass is 32.2. The van der Waals surface area contributed by atoms with Crippen molar-refractivity contribution in [1.82, 2.24) is 14.5 Å². The zero-order chi connectivity index (χ0) is 18.1. The summed E-state index contributed by atoms with van der Waals surface area (Å²) >= 11 is 1.65. The molecule has 0 aliphatic carbocycles. The Kier molecular flexibility index (Phi) is 4.55. The number of hydrogen-bond acceptors (Lipinski definition) is 3. The van der Waals surface area contributed by atoms with Crippen LogP contribution in [0.15, 0.2) is 58.5 Å². The first-order chi connectivity index (χ1) is 12.7. The highest BCUT2D eigenvalue weighted by Crippen LogP contribution is 2.26. The van der Waals surface area contributed by atoms with Gasteiger partial charge in [0.1, 0.15) is 11.0 Å². The number of aromatic nitrogens is 3. The van der Waals surface area contributed by atoms with E-state index in [9.17, 15) is 4.79 Å². The maximum atomic E-state index is 13.3. The van der Waals surface area contributed by atoms with E-state index >= 15 is 0 Å². The number of hydrogen-bond donors (Lipinski definition) is 1. The second kappa shape index (κ2) is 7.00. The Hall–Kier alpha value is -2.53. The van der Waals surface area contributed by atoms with Gasteiger partial charge in [0.05, 0.1) is 5.69 Å². The van der Waals surface area contributed by atoms with E-state index in [-0.39, 0.29) is 5.56 Å². The molecule has 0 saturated carbocycles. The van der Waals surface area contributed by atoms with E-state index in [0.717, 1.165) is 45.9 Å². The molecule has 2 aromatic heterocycles. The molecule has 1 N–H and O–H groups in total. The molecule has 0 aliphatic heterocycles. The van der Waals surface area contributed by atoms with Crippen LogP contribution >= 0.6 is 11.8 Å². The molecule has 4 nitrogen and oxygen atoms in total. The van der Waals surface area contributed by atoms with E-state index in [1.54, 1.807) is 16.3 Å². The maximum absolute atomic E-state index is 13.3. The zero-order valence-corrected chi connectivity index (χ0v) is 15.8. The van der Waals surface area contributed by atoms with Crippen molar-refractivity contribution in [3.8, 4) is 5.69 Å². The lowest BCUT2D eigenvalue weighted by molar-refractivity contribution is 0.813. The van der Waals surface area contributed by atoms with E-state index in [2.05, 4.69) is 11.9 Å². The lowest BCUT2D eigenvalue weighted by Crippen LogP contribution is -2.21. The van der Waals surface area contributed by atoms with E-state index in [4.69, 9.17) is 4.98 Å². The van der Waals surface area contributed by atoms with E-state index in [1.807, 2.05) is 55.5 Å². The Morgan fingerprint density at radius 3 is 2.65 bits per heavy atom. The summed E-state index contributed by atoms with van der Waals surface area (Å²) in [6, 6.07) is 16.0. The minimum atomic E-state index is -0.0472. The van der Waals surface area contributed by atoms with Gasteiger partial charge in [0.25, 0.3) is 5.56 Å². The Balaban J connectivity index is 1.99. The van der Waals surface area contributed by atoms with Crippen LogP contribution in [0.3, 0.4) is 0 Å². The fraction of sp³-hybridized carbons (Fsp3) is 0.238. The predicted octanol–water partition coefficient (Wildman–Crippen LogP) is 5.07. The summed E-state index contributed by atoms with van der Waals surface area (Å²) in [5, 5.41) is 1.75. The number of thioether (sulfide) groups is 1. The van der Waals surface area contributed by atoms with Crippen molar-refractivity contribution in [1.29, 1.82) is 0 Å². The van der Waals surface area contributed by atoms with Crippen molar-refractivity contribution >= 4 is 33.7 Å². The molecule has 0 unspecified atom stereocenters. The number of nitrogens with one attached hydrogen (secondary N) is 1. The van der Waals surface area contributed by atoms with Gasteiger partial charge in [-0.05, 0) is 31.5 Å². The number of nitrogens with zero attached hydrogens (tertiary/aromatic N) is 2. The van der Waals surface area contributed by atoms with Crippen LogP contribution < -0.4 is 5.56 Å². The molecular weight excluding hydrogens is 342 g/mol. The molecule has 0 spiro atoms. The SMILES string of the molecule is CCCCSc1nc2c([nH]c3ccccc32)c(=O)n1-c1ccc(C)cc1. The summed E-state index contributed by atoms with van der Waals surface area (Å²) in [6.07, 6.45) is 2.22. The highest BCUT2D eigenvalue weighted by molar-refractivity contribution is 7.99. The number of para-hydroxylation sites is 1. The monoisotopic (exact) mass is 363 g/mol. The molecule has 0 atom stereocenters. The zero-order valence-electron chi connectivity index (χ0n) is 15.0. The molecule has 2 aromatic carbocycles. The molecule has 26 heavy (non-hydrogen) atoms. The average Bonchev–Trinajstić information content (AvgIpc) is 3.03. The van der Waals surface area contributed by atoms with E-state index < -0.39 is 0 Å². The smallest absolute Gasteiger partial charge is 0.283 e. The number of H-pyrrole nitrogens is 1. The van der Waals surface area contributed by atoms with E-state index in [0.29, 0.717) is 5.52 Å². The minimum absolute atomic E-state index is 0.0472. The van der Waals surface area contributed by atoms with Crippen LogP contribution in [0.5, 0.6) is 0 Å². The van der Waals surface area contributed by atoms with Gasteiger partial charge in [-0.1, -0.05) is 61.0 Å². The lowest BCUT2D eigenvalue weighted by atomic mass is 10.2. The number of rotatable bonds is 5. The summed E-state index contributed by atoms with van der Waals surface area (Å²) in [5.74, 6) is 0.947. The van der Waals surface area contributed by atoms with Crippen molar-refractivity contribution < 1.29 is 0 Å². The molecule has 0 fully saturated rings. The van der Waals surface area contributed by atoms with Crippen molar-refractivity contribution in [3.63, 3.8) is 0 Å².